The molecule has 0 atom stereocenters. The summed E-state index contributed by atoms with van der Waals surface area (Å²) < 4.78 is 14.2. The third-order valence-corrected chi connectivity index (χ3v) is 3.21. The van der Waals surface area contributed by atoms with Crippen LogP contribution < -0.4 is 0 Å². The van der Waals surface area contributed by atoms with Crippen molar-refractivity contribution in [3.63, 3.8) is 0 Å². The Labute approximate surface area is 106 Å². The topological polar surface area (TPSA) is 15.8 Å². The molecular formula is C14H9BrFN. The van der Waals surface area contributed by atoms with E-state index in [1.165, 1.54) is 12.1 Å². The molecule has 3 aromatic rings. The fraction of sp³-hybridized carbons (Fsp3) is 0. The van der Waals surface area contributed by atoms with Gasteiger partial charge in [-0.15, -0.1) is 0 Å². The summed E-state index contributed by atoms with van der Waals surface area (Å²) >= 11 is 3.43. The fourth-order valence-electron chi connectivity index (χ4n) is 1.91. The van der Waals surface area contributed by atoms with Gasteiger partial charge in [0.1, 0.15) is 5.82 Å². The number of rotatable bonds is 1. The number of H-pyrrole nitrogens is 1. The smallest absolute Gasteiger partial charge is 0.123 e. The lowest BCUT2D eigenvalue weighted by Crippen LogP contribution is -1.78. The van der Waals surface area contributed by atoms with E-state index in [2.05, 4.69) is 20.9 Å². The highest BCUT2D eigenvalue weighted by Crippen LogP contribution is 2.26. The van der Waals surface area contributed by atoms with Crippen molar-refractivity contribution in [1.29, 1.82) is 0 Å². The number of aromatic nitrogens is 1. The second kappa shape index (κ2) is 4.00. The van der Waals surface area contributed by atoms with Gasteiger partial charge in [0, 0.05) is 26.6 Å². The molecule has 1 nitrogen and oxygen atoms in total. The Morgan fingerprint density at radius 1 is 1.00 bits per heavy atom. The van der Waals surface area contributed by atoms with Crippen LogP contribution in [-0.4, -0.2) is 4.98 Å². The van der Waals surface area contributed by atoms with Crippen molar-refractivity contribution < 1.29 is 4.39 Å². The second-order valence-electron chi connectivity index (χ2n) is 3.92. The van der Waals surface area contributed by atoms with Crippen LogP contribution in [0.25, 0.3) is 22.2 Å². The molecule has 84 valence electrons. The van der Waals surface area contributed by atoms with Crippen molar-refractivity contribution in [3.8, 4) is 11.3 Å². The highest BCUT2D eigenvalue weighted by molar-refractivity contribution is 9.10. The van der Waals surface area contributed by atoms with Gasteiger partial charge in [0.05, 0.1) is 0 Å². The molecule has 2 aromatic carbocycles. The van der Waals surface area contributed by atoms with E-state index in [1.54, 1.807) is 6.07 Å². The van der Waals surface area contributed by atoms with Crippen LogP contribution in [0.4, 0.5) is 4.39 Å². The summed E-state index contributed by atoms with van der Waals surface area (Å²) in [6.45, 7) is 0. The van der Waals surface area contributed by atoms with Crippen LogP contribution in [0.5, 0.6) is 0 Å². The zero-order valence-corrected chi connectivity index (χ0v) is 10.5. The molecule has 17 heavy (non-hydrogen) atoms. The monoisotopic (exact) mass is 289 g/mol. The number of aromatic amines is 1. The average Bonchev–Trinajstić information content (AvgIpc) is 2.72. The van der Waals surface area contributed by atoms with E-state index in [0.29, 0.717) is 0 Å². The van der Waals surface area contributed by atoms with Crippen LogP contribution in [0.15, 0.2) is 53.0 Å². The van der Waals surface area contributed by atoms with Gasteiger partial charge in [-0.25, -0.2) is 4.39 Å². The molecule has 3 heteroatoms. The van der Waals surface area contributed by atoms with Crippen molar-refractivity contribution in [2.24, 2.45) is 0 Å². The highest BCUT2D eigenvalue weighted by Gasteiger charge is 2.04. The van der Waals surface area contributed by atoms with Gasteiger partial charge in [-0.1, -0.05) is 34.1 Å². The Morgan fingerprint density at radius 2 is 1.88 bits per heavy atom. The molecule has 0 radical (unpaired) electrons. The zero-order valence-electron chi connectivity index (χ0n) is 8.87. The minimum atomic E-state index is -0.220. The van der Waals surface area contributed by atoms with E-state index >= 15 is 0 Å². The van der Waals surface area contributed by atoms with Gasteiger partial charge in [-0.3, -0.25) is 0 Å². The number of nitrogens with one attached hydrogen (secondary N) is 1. The first-order chi connectivity index (χ1) is 8.22. The van der Waals surface area contributed by atoms with Gasteiger partial charge in [-0.05, 0) is 30.3 Å². The number of hydrogen-bond donors (Lipinski definition) is 1. The van der Waals surface area contributed by atoms with Crippen LogP contribution in [0.3, 0.4) is 0 Å². The van der Waals surface area contributed by atoms with Crippen molar-refractivity contribution in [1.82, 2.24) is 4.98 Å². The number of benzene rings is 2. The normalized spacial score (nSPS) is 10.9. The van der Waals surface area contributed by atoms with E-state index in [0.717, 1.165) is 26.6 Å². The molecule has 3 rings (SSSR count). The largest absolute Gasteiger partial charge is 0.354 e. The SMILES string of the molecule is Fc1cccc(-c2cc3ccc(Br)cc3[nH]2)c1. The van der Waals surface area contributed by atoms with E-state index < -0.39 is 0 Å². The summed E-state index contributed by atoms with van der Waals surface area (Å²) in [7, 11) is 0. The van der Waals surface area contributed by atoms with Gasteiger partial charge in [0.25, 0.3) is 0 Å². The first kappa shape index (κ1) is 10.5. The fourth-order valence-corrected chi connectivity index (χ4v) is 2.27. The molecule has 0 unspecified atom stereocenters. The van der Waals surface area contributed by atoms with Gasteiger partial charge in [0.2, 0.25) is 0 Å². The van der Waals surface area contributed by atoms with Gasteiger partial charge in [0.15, 0.2) is 0 Å². The van der Waals surface area contributed by atoms with Crippen LogP contribution in [-0.2, 0) is 0 Å². The summed E-state index contributed by atoms with van der Waals surface area (Å²) in [4.78, 5) is 3.28. The summed E-state index contributed by atoms with van der Waals surface area (Å²) in [5.41, 5.74) is 2.83. The molecule has 1 aromatic heterocycles. The Kier molecular flexibility index (Phi) is 2.48. The Hall–Kier alpha value is -1.61. The molecular weight excluding hydrogens is 281 g/mol. The number of fused-ring (bicyclic) bond motifs is 1. The van der Waals surface area contributed by atoms with E-state index in [1.807, 2.05) is 30.3 Å². The molecule has 0 saturated carbocycles. The minimum Gasteiger partial charge on any atom is -0.354 e. The van der Waals surface area contributed by atoms with Crippen LogP contribution in [0.1, 0.15) is 0 Å². The lowest BCUT2D eigenvalue weighted by Gasteiger charge is -1.96. The maximum absolute atomic E-state index is 13.2. The third-order valence-electron chi connectivity index (χ3n) is 2.72. The first-order valence-electron chi connectivity index (χ1n) is 5.26. The average molecular weight is 290 g/mol. The van der Waals surface area contributed by atoms with Crippen molar-refractivity contribution in [3.05, 3.63) is 58.8 Å². The maximum Gasteiger partial charge on any atom is 0.123 e. The molecule has 0 aliphatic carbocycles. The van der Waals surface area contributed by atoms with Crippen molar-refractivity contribution in [2.75, 3.05) is 0 Å². The summed E-state index contributed by atoms with van der Waals surface area (Å²) in [6, 6.07) is 14.6. The minimum absolute atomic E-state index is 0.220. The van der Waals surface area contributed by atoms with Crippen LogP contribution in [0.2, 0.25) is 0 Å². The number of halogens is 2. The molecule has 0 saturated heterocycles. The van der Waals surface area contributed by atoms with Gasteiger partial charge >= 0.3 is 0 Å². The lowest BCUT2D eigenvalue weighted by molar-refractivity contribution is 0.628. The van der Waals surface area contributed by atoms with E-state index in [-0.39, 0.29) is 5.82 Å². The third kappa shape index (κ3) is 1.98. The second-order valence-corrected chi connectivity index (χ2v) is 4.84. The Balaban J connectivity index is 2.18. The predicted octanol–water partition coefficient (Wildman–Crippen LogP) is 4.74. The standard InChI is InChI=1S/C14H9BrFN/c15-11-5-4-10-7-13(17-14(10)8-11)9-2-1-3-12(16)6-9/h1-8,17H. The number of hydrogen-bond acceptors (Lipinski definition) is 0. The molecule has 0 aliphatic heterocycles. The molecule has 0 spiro atoms. The predicted molar refractivity (Wildman–Crippen MR) is 71.4 cm³/mol. The van der Waals surface area contributed by atoms with Crippen LogP contribution >= 0.6 is 15.9 Å². The molecule has 1 heterocycles. The molecule has 1 N–H and O–H groups in total. The van der Waals surface area contributed by atoms with E-state index in [4.69, 9.17) is 0 Å². The molecule has 0 bridgehead atoms. The Morgan fingerprint density at radius 3 is 2.71 bits per heavy atom. The van der Waals surface area contributed by atoms with E-state index in [9.17, 15) is 4.39 Å². The highest BCUT2D eigenvalue weighted by atomic mass is 79.9. The quantitative estimate of drug-likeness (QED) is 0.666. The first-order valence-corrected chi connectivity index (χ1v) is 6.06. The Bertz CT molecular complexity index is 688. The molecule has 0 fully saturated rings. The van der Waals surface area contributed by atoms with Gasteiger partial charge < -0.3 is 4.98 Å². The summed E-state index contributed by atoms with van der Waals surface area (Å²) in [6.07, 6.45) is 0. The van der Waals surface area contributed by atoms with Gasteiger partial charge in [-0.2, -0.15) is 0 Å². The maximum atomic E-state index is 13.2. The molecule has 0 aliphatic rings. The summed E-state index contributed by atoms with van der Waals surface area (Å²) in [5.74, 6) is -0.220. The van der Waals surface area contributed by atoms with Crippen molar-refractivity contribution in [2.45, 2.75) is 0 Å². The lowest BCUT2D eigenvalue weighted by atomic mass is 10.1. The van der Waals surface area contributed by atoms with Crippen LogP contribution in [0, 0.1) is 5.82 Å². The summed E-state index contributed by atoms with van der Waals surface area (Å²) in [5, 5.41) is 1.12. The molecule has 0 amide bonds. The van der Waals surface area contributed by atoms with Crippen molar-refractivity contribution >= 4 is 26.8 Å². The zero-order chi connectivity index (χ0) is 11.8.